The van der Waals surface area contributed by atoms with Gasteiger partial charge in [-0.15, -0.1) is 0 Å². The Balaban J connectivity index is 2.25. The highest BCUT2D eigenvalue weighted by atomic mass is 16.4. The smallest absolute Gasteiger partial charge is 0.322 e. The van der Waals surface area contributed by atoms with E-state index in [-0.39, 0.29) is 18.8 Å². The zero-order valence-electron chi connectivity index (χ0n) is 19.7. The summed E-state index contributed by atoms with van der Waals surface area (Å²) in [6, 6.07) is 4.00. The molecule has 35 heavy (non-hydrogen) atoms. The van der Waals surface area contributed by atoms with Crippen LogP contribution in [-0.4, -0.2) is 64.4 Å². The van der Waals surface area contributed by atoms with Gasteiger partial charge in [0, 0.05) is 23.5 Å². The number of nitrogens with two attached hydrogens (primary N) is 2. The predicted octanol–water partition coefficient (Wildman–Crippen LogP) is -0.870. The van der Waals surface area contributed by atoms with Crippen molar-refractivity contribution in [1.29, 1.82) is 0 Å². The molecule has 2 aromatic rings. The number of carbonyl (C=O) groups is 5. The van der Waals surface area contributed by atoms with Crippen LogP contribution in [0.4, 0.5) is 0 Å². The van der Waals surface area contributed by atoms with E-state index in [9.17, 15) is 24.0 Å². The Hall–Kier alpha value is -3.93. The molecule has 9 N–H and O–H groups in total. The van der Waals surface area contributed by atoms with Gasteiger partial charge in [0.05, 0.1) is 12.5 Å². The van der Waals surface area contributed by atoms with Crippen molar-refractivity contribution in [3.8, 4) is 0 Å². The van der Waals surface area contributed by atoms with Gasteiger partial charge in [-0.3, -0.25) is 24.0 Å². The minimum atomic E-state index is -1.23. The number of aliphatic carboxylic acids is 1. The van der Waals surface area contributed by atoms with Crippen LogP contribution in [0.2, 0.25) is 0 Å². The Morgan fingerprint density at radius 3 is 2.37 bits per heavy atom. The molecule has 0 aliphatic heterocycles. The molecule has 1 aromatic carbocycles. The molecule has 0 saturated carbocycles. The van der Waals surface area contributed by atoms with Gasteiger partial charge in [-0.2, -0.15) is 0 Å². The van der Waals surface area contributed by atoms with E-state index in [1.54, 1.807) is 13.1 Å². The third kappa shape index (κ3) is 7.81. The van der Waals surface area contributed by atoms with Crippen LogP contribution >= 0.6 is 0 Å². The lowest BCUT2D eigenvalue weighted by molar-refractivity contribution is -0.138. The number of carboxylic acid groups (broad SMARTS) is 1. The van der Waals surface area contributed by atoms with E-state index < -0.39 is 54.3 Å². The number of rotatable bonds is 13. The van der Waals surface area contributed by atoms with Crippen LogP contribution in [0.5, 0.6) is 0 Å². The van der Waals surface area contributed by atoms with E-state index >= 15 is 0 Å². The summed E-state index contributed by atoms with van der Waals surface area (Å²) in [6.07, 6.45) is 1.91. The summed E-state index contributed by atoms with van der Waals surface area (Å²) in [7, 11) is 0. The molecular weight excluding hydrogens is 456 g/mol. The van der Waals surface area contributed by atoms with Crippen LogP contribution < -0.4 is 27.4 Å². The van der Waals surface area contributed by atoms with E-state index in [0.717, 1.165) is 16.5 Å². The van der Waals surface area contributed by atoms with Crippen LogP contribution in [0, 0.1) is 5.92 Å². The van der Waals surface area contributed by atoms with Crippen molar-refractivity contribution < 1.29 is 29.1 Å². The van der Waals surface area contributed by atoms with Gasteiger partial charge in [-0.25, -0.2) is 0 Å². The second-order valence-corrected chi connectivity index (χ2v) is 8.39. The minimum absolute atomic E-state index is 0.0730. The molecule has 4 amide bonds. The first kappa shape index (κ1) is 27.3. The van der Waals surface area contributed by atoms with Crippen molar-refractivity contribution in [3.05, 3.63) is 36.0 Å². The summed E-state index contributed by atoms with van der Waals surface area (Å²) in [5, 5.41) is 17.2. The number of nitrogens with one attached hydrogen (secondary N) is 4. The number of carbonyl (C=O) groups excluding carboxylic acids is 4. The molecule has 4 atom stereocenters. The number of carboxylic acids is 1. The van der Waals surface area contributed by atoms with Crippen molar-refractivity contribution in [2.75, 3.05) is 6.54 Å². The Morgan fingerprint density at radius 1 is 1.06 bits per heavy atom. The quantitative estimate of drug-likeness (QED) is 0.189. The average Bonchev–Trinajstić information content (AvgIpc) is 3.22. The fraction of sp³-hybridized carbons (Fsp3) is 0.435. The van der Waals surface area contributed by atoms with Gasteiger partial charge < -0.3 is 37.5 Å². The molecule has 12 nitrogen and oxygen atoms in total. The maximum Gasteiger partial charge on any atom is 0.322 e. The zero-order valence-corrected chi connectivity index (χ0v) is 19.7. The third-order valence-electron chi connectivity index (χ3n) is 5.70. The maximum atomic E-state index is 13.2. The fourth-order valence-electron chi connectivity index (χ4n) is 3.55. The van der Waals surface area contributed by atoms with Crippen molar-refractivity contribution >= 4 is 40.5 Å². The first-order valence-corrected chi connectivity index (χ1v) is 11.2. The molecule has 0 aliphatic rings. The molecule has 0 fully saturated rings. The number of para-hydroxylation sites is 1. The number of H-pyrrole nitrogens is 1. The second-order valence-electron chi connectivity index (χ2n) is 8.39. The molecule has 190 valence electrons. The maximum absolute atomic E-state index is 13.2. The lowest BCUT2D eigenvalue weighted by atomic mass is 9.96. The van der Waals surface area contributed by atoms with Gasteiger partial charge in [0.1, 0.15) is 18.6 Å². The molecule has 0 saturated heterocycles. The summed E-state index contributed by atoms with van der Waals surface area (Å²) in [5.41, 5.74) is 12.4. The number of fused-ring (bicyclic) bond motifs is 1. The average molecular weight is 489 g/mol. The van der Waals surface area contributed by atoms with E-state index in [2.05, 4.69) is 20.9 Å². The van der Waals surface area contributed by atoms with Gasteiger partial charge in [-0.1, -0.05) is 38.5 Å². The Labute approximate surface area is 202 Å². The highest BCUT2D eigenvalue weighted by Crippen LogP contribution is 2.19. The number of hydrogen-bond acceptors (Lipinski definition) is 6. The summed E-state index contributed by atoms with van der Waals surface area (Å²) in [5.74, 6) is -4.39. The molecule has 2 rings (SSSR count). The van der Waals surface area contributed by atoms with Crippen molar-refractivity contribution in [2.45, 2.75) is 51.2 Å². The Morgan fingerprint density at radius 2 is 1.74 bits per heavy atom. The second kappa shape index (κ2) is 12.5. The fourth-order valence-corrected chi connectivity index (χ4v) is 3.55. The van der Waals surface area contributed by atoms with Gasteiger partial charge in [0.25, 0.3) is 0 Å². The molecule has 1 heterocycles. The standard InChI is InChI=1S/C23H32N6O6/c1-3-12(2)20(29-21(33)15(24)9-18(25)30)23(35)28-17(22(34)27-11-19(31)32)8-13-10-26-16-7-5-4-6-14(13)16/h4-7,10,12,15,17,20,26H,3,8-9,11,24H2,1-2H3,(H2,25,30)(H,27,34)(H,28,35)(H,29,33)(H,31,32). The Bertz CT molecular complexity index is 1080. The Kier molecular flexibility index (Phi) is 9.76. The first-order valence-electron chi connectivity index (χ1n) is 11.2. The number of aromatic nitrogens is 1. The lowest BCUT2D eigenvalue weighted by Gasteiger charge is -2.27. The molecule has 4 unspecified atom stereocenters. The molecule has 12 heteroatoms. The van der Waals surface area contributed by atoms with Crippen LogP contribution in [-0.2, 0) is 30.4 Å². The SMILES string of the molecule is CCC(C)C(NC(=O)C(N)CC(N)=O)C(=O)NC(Cc1c[nH]c2ccccc12)C(=O)NCC(=O)O. The molecule has 0 aliphatic carbocycles. The molecule has 0 bridgehead atoms. The summed E-state index contributed by atoms with van der Waals surface area (Å²) >= 11 is 0. The number of amides is 4. The van der Waals surface area contributed by atoms with Crippen molar-refractivity contribution in [3.63, 3.8) is 0 Å². The predicted molar refractivity (Wildman–Crippen MR) is 128 cm³/mol. The van der Waals surface area contributed by atoms with Gasteiger partial charge in [0.15, 0.2) is 0 Å². The van der Waals surface area contributed by atoms with Gasteiger partial charge in [-0.05, 0) is 17.5 Å². The number of hydrogen-bond donors (Lipinski definition) is 7. The van der Waals surface area contributed by atoms with Crippen LogP contribution in [0.25, 0.3) is 10.9 Å². The van der Waals surface area contributed by atoms with Crippen molar-refractivity contribution in [1.82, 2.24) is 20.9 Å². The summed E-state index contributed by atoms with van der Waals surface area (Å²) < 4.78 is 0. The lowest BCUT2D eigenvalue weighted by Crippen LogP contribution is -2.58. The van der Waals surface area contributed by atoms with E-state index in [0.29, 0.717) is 6.42 Å². The molecule has 1 aromatic heterocycles. The zero-order chi connectivity index (χ0) is 26.1. The summed E-state index contributed by atoms with van der Waals surface area (Å²) in [4.78, 5) is 63.6. The largest absolute Gasteiger partial charge is 0.480 e. The third-order valence-corrected chi connectivity index (χ3v) is 5.70. The normalized spacial score (nSPS) is 14.4. The molecular formula is C23H32N6O6. The monoisotopic (exact) mass is 488 g/mol. The van der Waals surface area contributed by atoms with Gasteiger partial charge >= 0.3 is 5.97 Å². The highest BCUT2D eigenvalue weighted by Gasteiger charge is 2.32. The van der Waals surface area contributed by atoms with E-state index in [1.807, 2.05) is 31.2 Å². The van der Waals surface area contributed by atoms with Crippen molar-refractivity contribution in [2.24, 2.45) is 17.4 Å². The van der Waals surface area contributed by atoms with Crippen LogP contribution in [0.15, 0.2) is 30.5 Å². The summed E-state index contributed by atoms with van der Waals surface area (Å²) in [6.45, 7) is 2.94. The number of primary amides is 1. The van der Waals surface area contributed by atoms with E-state index in [1.165, 1.54) is 0 Å². The number of benzene rings is 1. The highest BCUT2D eigenvalue weighted by molar-refractivity contribution is 5.95. The van der Waals surface area contributed by atoms with E-state index in [4.69, 9.17) is 16.6 Å². The number of aromatic amines is 1. The van der Waals surface area contributed by atoms with Crippen LogP contribution in [0.3, 0.4) is 0 Å². The van der Waals surface area contributed by atoms with Gasteiger partial charge in [0.2, 0.25) is 23.6 Å². The van der Waals surface area contributed by atoms with Crippen LogP contribution in [0.1, 0.15) is 32.3 Å². The topological polar surface area (TPSA) is 209 Å². The molecule has 0 spiro atoms. The molecule has 0 radical (unpaired) electrons. The first-order chi connectivity index (χ1) is 16.5. The minimum Gasteiger partial charge on any atom is -0.480 e.